The van der Waals surface area contributed by atoms with E-state index in [0.717, 1.165) is 19.5 Å². The van der Waals surface area contributed by atoms with Gasteiger partial charge in [0, 0.05) is 25.7 Å². The zero-order chi connectivity index (χ0) is 25.3. The van der Waals surface area contributed by atoms with Gasteiger partial charge in [-0.15, -0.1) is 0 Å². The van der Waals surface area contributed by atoms with Gasteiger partial charge in [-0.3, -0.25) is 14.6 Å². The summed E-state index contributed by atoms with van der Waals surface area (Å²) in [6.07, 6.45) is 0.987. The van der Waals surface area contributed by atoms with Crippen molar-refractivity contribution in [2.75, 3.05) is 32.8 Å². The molecule has 13 heteroatoms. The molecule has 0 fully saturated rings. The molecular weight excluding hydrogens is 478 g/mol. The van der Waals surface area contributed by atoms with Crippen molar-refractivity contribution in [1.82, 2.24) is 20.7 Å². The van der Waals surface area contributed by atoms with Crippen LogP contribution >= 0.6 is 0 Å². The summed E-state index contributed by atoms with van der Waals surface area (Å²) in [4.78, 5) is 28.2. The summed E-state index contributed by atoms with van der Waals surface area (Å²) in [6, 6.07) is 9.71. The molecule has 0 aliphatic carbocycles. The van der Waals surface area contributed by atoms with Gasteiger partial charge in [-0.1, -0.05) is 18.2 Å². The van der Waals surface area contributed by atoms with E-state index in [2.05, 4.69) is 20.9 Å². The van der Waals surface area contributed by atoms with Crippen LogP contribution < -0.4 is 25.4 Å². The number of nitrogens with zero attached hydrogens (tertiary/aromatic N) is 1. The quantitative estimate of drug-likeness (QED) is 0.227. The molecule has 0 spiro atoms. The minimum atomic E-state index is -4.11. The van der Waals surface area contributed by atoms with E-state index in [0.29, 0.717) is 18.3 Å². The molecule has 1 atom stereocenters. The fourth-order valence-corrected chi connectivity index (χ4v) is 4.32. The van der Waals surface area contributed by atoms with E-state index in [4.69, 9.17) is 4.74 Å². The Hall–Kier alpha value is -3.84. The third-order valence-corrected chi connectivity index (χ3v) is 6.38. The van der Waals surface area contributed by atoms with E-state index in [-0.39, 0.29) is 22.8 Å². The van der Waals surface area contributed by atoms with Gasteiger partial charge in [0.25, 0.3) is 5.91 Å². The van der Waals surface area contributed by atoms with Crippen molar-refractivity contribution in [2.45, 2.75) is 17.4 Å². The number of aliphatic carboxylic acids is 1. The Kier molecular flexibility index (Phi) is 8.86. The standard InChI is InChI=1S/C22H27N5O7S/c28-19-13-15(34-12-11-25-22-23-9-4-10-24-22)7-8-17(19)20(29)26-14-18(21(30)31)27-35(32,33)16-5-2-1-3-6-16/h1-3,5-8,13,18,27-28H,4,9-12,14H2,(H,26,29)(H,30,31)(H2,23,24,25)/t18-/m0/s1. The number of ether oxygens (including phenoxy) is 1. The molecule has 0 aromatic heterocycles. The first-order chi connectivity index (χ1) is 16.8. The van der Waals surface area contributed by atoms with E-state index in [1.807, 2.05) is 4.72 Å². The normalized spacial score (nSPS) is 14.2. The number of aromatic hydroxyl groups is 1. The van der Waals surface area contributed by atoms with Crippen molar-refractivity contribution in [3.05, 3.63) is 54.1 Å². The topological polar surface area (TPSA) is 178 Å². The average molecular weight is 506 g/mol. The van der Waals surface area contributed by atoms with Gasteiger partial charge in [0.1, 0.15) is 24.1 Å². The summed E-state index contributed by atoms with van der Waals surface area (Å²) in [5.74, 6) is -1.58. The molecular formula is C22H27N5O7S. The summed E-state index contributed by atoms with van der Waals surface area (Å²) >= 11 is 0. The monoisotopic (exact) mass is 505 g/mol. The van der Waals surface area contributed by atoms with E-state index in [1.54, 1.807) is 6.07 Å². The summed E-state index contributed by atoms with van der Waals surface area (Å²) in [5, 5.41) is 28.1. The van der Waals surface area contributed by atoms with Crippen LogP contribution in [0, 0.1) is 0 Å². The number of guanidine groups is 1. The molecule has 3 rings (SSSR count). The van der Waals surface area contributed by atoms with Gasteiger partial charge in [-0.25, -0.2) is 8.42 Å². The molecule has 2 aromatic rings. The number of aliphatic imine (C=N–C) groups is 1. The molecule has 12 nitrogen and oxygen atoms in total. The Labute approximate surface area is 202 Å². The van der Waals surface area contributed by atoms with Crippen molar-refractivity contribution in [3.63, 3.8) is 0 Å². The average Bonchev–Trinajstić information content (AvgIpc) is 2.85. The number of rotatable bonds is 11. The van der Waals surface area contributed by atoms with Crippen LogP contribution in [0.5, 0.6) is 11.5 Å². The molecule has 1 aliphatic heterocycles. The van der Waals surface area contributed by atoms with Crippen LogP contribution in [0.1, 0.15) is 16.8 Å². The maximum atomic E-state index is 12.5. The number of sulfonamides is 1. The lowest BCUT2D eigenvalue weighted by atomic mass is 10.1. The maximum Gasteiger partial charge on any atom is 0.323 e. The molecule has 0 radical (unpaired) electrons. The first-order valence-electron chi connectivity index (χ1n) is 10.8. The third-order valence-electron chi connectivity index (χ3n) is 4.89. The predicted molar refractivity (Wildman–Crippen MR) is 127 cm³/mol. The second-order valence-corrected chi connectivity index (χ2v) is 9.21. The number of nitrogens with one attached hydrogen (secondary N) is 4. The van der Waals surface area contributed by atoms with Crippen molar-refractivity contribution < 1.29 is 33.0 Å². The SMILES string of the molecule is O=C(NC[C@H](NS(=O)(=O)c1ccccc1)C(=O)O)c1ccc(OCCNC2=NCCCN2)cc1O. The smallest absolute Gasteiger partial charge is 0.323 e. The highest BCUT2D eigenvalue weighted by Gasteiger charge is 2.26. The lowest BCUT2D eigenvalue weighted by Gasteiger charge is -2.17. The van der Waals surface area contributed by atoms with Crippen molar-refractivity contribution in [2.24, 2.45) is 4.99 Å². The molecule has 2 aromatic carbocycles. The number of carboxylic acid groups (broad SMARTS) is 1. The molecule has 0 saturated carbocycles. The van der Waals surface area contributed by atoms with Crippen LogP contribution in [0.4, 0.5) is 0 Å². The predicted octanol–water partition coefficient (Wildman–Crippen LogP) is -0.129. The van der Waals surface area contributed by atoms with E-state index in [9.17, 15) is 28.2 Å². The van der Waals surface area contributed by atoms with E-state index >= 15 is 0 Å². The number of hydrogen-bond donors (Lipinski definition) is 6. The van der Waals surface area contributed by atoms with Gasteiger partial charge >= 0.3 is 5.97 Å². The largest absolute Gasteiger partial charge is 0.507 e. The Balaban J connectivity index is 1.52. The Morgan fingerprint density at radius 2 is 1.94 bits per heavy atom. The van der Waals surface area contributed by atoms with Crippen LogP contribution in [0.25, 0.3) is 0 Å². The molecule has 1 aliphatic rings. The summed E-state index contributed by atoms with van der Waals surface area (Å²) in [5.41, 5.74) is -0.119. The van der Waals surface area contributed by atoms with Crippen LogP contribution in [-0.4, -0.2) is 75.3 Å². The van der Waals surface area contributed by atoms with E-state index in [1.165, 1.54) is 42.5 Å². The summed E-state index contributed by atoms with van der Waals surface area (Å²) in [6.45, 7) is 1.84. The highest BCUT2D eigenvalue weighted by atomic mass is 32.2. The number of carboxylic acids is 1. The van der Waals surface area contributed by atoms with Gasteiger partial charge in [0.05, 0.1) is 17.0 Å². The summed E-state index contributed by atoms with van der Waals surface area (Å²) in [7, 11) is -4.11. The molecule has 6 N–H and O–H groups in total. The van der Waals surface area contributed by atoms with Gasteiger partial charge < -0.3 is 30.9 Å². The maximum absolute atomic E-state index is 12.5. The second-order valence-electron chi connectivity index (χ2n) is 7.50. The minimum absolute atomic E-state index is 0.107. The number of hydrogen-bond acceptors (Lipinski definition) is 9. The second kappa shape index (κ2) is 12.0. The molecule has 188 valence electrons. The summed E-state index contributed by atoms with van der Waals surface area (Å²) < 4.78 is 32.4. The van der Waals surface area contributed by atoms with Gasteiger partial charge in [0.2, 0.25) is 10.0 Å². The highest BCUT2D eigenvalue weighted by molar-refractivity contribution is 7.89. The number of benzene rings is 2. The number of phenols is 1. The van der Waals surface area contributed by atoms with Crippen molar-refractivity contribution >= 4 is 27.9 Å². The number of carbonyl (C=O) groups excluding carboxylic acids is 1. The van der Waals surface area contributed by atoms with Crippen LogP contribution in [-0.2, 0) is 14.8 Å². The number of amides is 1. The minimum Gasteiger partial charge on any atom is -0.507 e. The molecule has 0 saturated heterocycles. The molecule has 35 heavy (non-hydrogen) atoms. The number of phenolic OH excluding ortho intramolecular Hbond substituents is 1. The Morgan fingerprint density at radius 1 is 1.17 bits per heavy atom. The Morgan fingerprint density at radius 3 is 2.60 bits per heavy atom. The highest BCUT2D eigenvalue weighted by Crippen LogP contribution is 2.23. The fraction of sp³-hybridized carbons (Fsp3) is 0.318. The third kappa shape index (κ3) is 7.58. The van der Waals surface area contributed by atoms with Gasteiger partial charge in [-0.2, -0.15) is 4.72 Å². The van der Waals surface area contributed by atoms with Crippen molar-refractivity contribution in [1.29, 1.82) is 0 Å². The number of carbonyl (C=O) groups is 2. The van der Waals surface area contributed by atoms with Gasteiger partial charge in [0.15, 0.2) is 5.96 Å². The molecule has 0 bridgehead atoms. The first-order valence-corrected chi connectivity index (χ1v) is 12.3. The lowest BCUT2D eigenvalue weighted by molar-refractivity contribution is -0.138. The molecule has 1 heterocycles. The Bertz CT molecular complexity index is 1170. The fourth-order valence-electron chi connectivity index (χ4n) is 3.11. The lowest BCUT2D eigenvalue weighted by Crippen LogP contribution is -2.48. The zero-order valence-corrected chi connectivity index (χ0v) is 19.5. The molecule has 0 unspecified atom stereocenters. The molecule has 1 amide bonds. The van der Waals surface area contributed by atoms with Crippen LogP contribution in [0.15, 0.2) is 58.4 Å². The van der Waals surface area contributed by atoms with Gasteiger partial charge in [-0.05, 0) is 30.7 Å². The van der Waals surface area contributed by atoms with Crippen LogP contribution in [0.3, 0.4) is 0 Å². The van der Waals surface area contributed by atoms with E-state index < -0.39 is 34.5 Å². The van der Waals surface area contributed by atoms with Crippen LogP contribution in [0.2, 0.25) is 0 Å². The first kappa shape index (κ1) is 25.8. The van der Waals surface area contributed by atoms with Crippen molar-refractivity contribution in [3.8, 4) is 11.5 Å². The zero-order valence-electron chi connectivity index (χ0n) is 18.7.